The smallest absolute Gasteiger partial charge is 0.331 e. The minimum Gasteiger partial charge on any atom is -0.478 e. The minimum atomic E-state index is -1.14. The Morgan fingerprint density at radius 1 is 1.50 bits per heavy atom. The number of carbonyl (C=O) groups is 1. The van der Waals surface area contributed by atoms with E-state index in [9.17, 15) is 9.18 Å². The third-order valence-corrected chi connectivity index (χ3v) is 2.30. The fourth-order valence-corrected chi connectivity index (χ4v) is 1.31. The third kappa shape index (κ3) is 4.40. The number of alkyl halides is 1. The highest BCUT2D eigenvalue weighted by atomic mass is 19.1. The van der Waals surface area contributed by atoms with Crippen LogP contribution in [-0.2, 0) is 4.79 Å². The summed E-state index contributed by atoms with van der Waals surface area (Å²) in [5, 5.41) is 8.70. The second-order valence-corrected chi connectivity index (χ2v) is 3.56. The van der Waals surface area contributed by atoms with Crippen LogP contribution >= 0.6 is 0 Å². The van der Waals surface area contributed by atoms with E-state index >= 15 is 0 Å². The predicted octanol–water partition coefficient (Wildman–Crippen LogP) is 3.18. The van der Waals surface area contributed by atoms with Gasteiger partial charge in [0.25, 0.3) is 0 Å². The number of halogens is 1. The molecule has 1 N–H and O–H groups in total. The maximum absolute atomic E-state index is 13.4. The zero-order valence-corrected chi connectivity index (χ0v) is 9.09. The summed E-state index contributed by atoms with van der Waals surface area (Å²) in [6.45, 7) is 5.52. The van der Waals surface area contributed by atoms with Crippen molar-refractivity contribution in [3.05, 3.63) is 11.6 Å². The molecule has 0 radical (unpaired) electrons. The largest absolute Gasteiger partial charge is 0.478 e. The molecule has 2 atom stereocenters. The lowest BCUT2D eigenvalue weighted by molar-refractivity contribution is -0.132. The van der Waals surface area contributed by atoms with E-state index in [0.29, 0.717) is 6.42 Å². The van der Waals surface area contributed by atoms with E-state index in [2.05, 4.69) is 0 Å². The van der Waals surface area contributed by atoms with E-state index in [-0.39, 0.29) is 11.5 Å². The van der Waals surface area contributed by atoms with E-state index in [1.807, 2.05) is 6.92 Å². The molecule has 0 fully saturated rings. The lowest BCUT2D eigenvalue weighted by atomic mass is 9.98. The molecular weight excluding hydrogens is 183 g/mol. The maximum Gasteiger partial charge on any atom is 0.331 e. The SMILES string of the molecule is CCCC(C)C(F)C=C(CC)C(=O)O. The standard InChI is InChI=1S/C11H19FO2/c1-4-6-8(3)10(12)7-9(5-2)11(13)14/h7-8,10H,4-6H2,1-3H3,(H,13,14). The first-order chi connectivity index (χ1) is 6.52. The van der Waals surface area contributed by atoms with Crippen molar-refractivity contribution < 1.29 is 14.3 Å². The van der Waals surface area contributed by atoms with Gasteiger partial charge in [0, 0.05) is 5.57 Å². The molecule has 0 aromatic rings. The first kappa shape index (κ1) is 13.1. The monoisotopic (exact) mass is 202 g/mol. The molecular formula is C11H19FO2. The second-order valence-electron chi connectivity index (χ2n) is 3.56. The molecule has 2 nitrogen and oxygen atoms in total. The summed E-state index contributed by atoms with van der Waals surface area (Å²) in [5.74, 6) is -1.11. The molecule has 0 aliphatic carbocycles. The van der Waals surface area contributed by atoms with Gasteiger partial charge >= 0.3 is 5.97 Å². The van der Waals surface area contributed by atoms with Gasteiger partial charge in [-0.15, -0.1) is 0 Å². The Kier molecular flexibility index (Phi) is 6.17. The van der Waals surface area contributed by atoms with E-state index in [1.54, 1.807) is 13.8 Å². The van der Waals surface area contributed by atoms with Gasteiger partial charge in [-0.1, -0.05) is 27.2 Å². The summed E-state index contributed by atoms with van der Waals surface area (Å²) in [5.41, 5.74) is 0.167. The molecule has 2 unspecified atom stereocenters. The highest BCUT2D eigenvalue weighted by molar-refractivity contribution is 5.86. The van der Waals surface area contributed by atoms with Gasteiger partial charge in [-0.25, -0.2) is 9.18 Å². The van der Waals surface area contributed by atoms with E-state index < -0.39 is 12.1 Å². The molecule has 0 spiro atoms. The summed E-state index contributed by atoms with van der Waals surface area (Å²) in [6.07, 6.45) is 2.18. The summed E-state index contributed by atoms with van der Waals surface area (Å²) in [4.78, 5) is 10.6. The van der Waals surface area contributed by atoms with Crippen LogP contribution in [0.2, 0.25) is 0 Å². The van der Waals surface area contributed by atoms with Crippen LogP contribution in [0.5, 0.6) is 0 Å². The van der Waals surface area contributed by atoms with Gasteiger partial charge in [-0.3, -0.25) is 0 Å². The van der Waals surface area contributed by atoms with Crippen LogP contribution in [0.15, 0.2) is 11.6 Å². The van der Waals surface area contributed by atoms with Gasteiger partial charge in [-0.05, 0) is 24.8 Å². The molecule has 14 heavy (non-hydrogen) atoms. The van der Waals surface area contributed by atoms with Crippen LogP contribution in [0.1, 0.15) is 40.0 Å². The Balaban J connectivity index is 4.37. The number of hydrogen-bond acceptors (Lipinski definition) is 1. The van der Waals surface area contributed by atoms with Crippen molar-refractivity contribution in [1.29, 1.82) is 0 Å². The third-order valence-electron chi connectivity index (χ3n) is 2.30. The topological polar surface area (TPSA) is 37.3 Å². The molecule has 0 heterocycles. The Bertz CT molecular complexity index is 211. The molecule has 0 aliphatic rings. The lowest BCUT2D eigenvalue weighted by Crippen LogP contribution is -2.12. The fraction of sp³-hybridized carbons (Fsp3) is 0.727. The summed E-state index contributed by atoms with van der Waals surface area (Å²) in [6, 6.07) is 0. The van der Waals surface area contributed by atoms with Gasteiger partial charge < -0.3 is 5.11 Å². The van der Waals surface area contributed by atoms with Gasteiger partial charge in [0.15, 0.2) is 0 Å². The molecule has 0 aromatic carbocycles. The summed E-state index contributed by atoms with van der Waals surface area (Å²) < 4.78 is 13.4. The first-order valence-electron chi connectivity index (χ1n) is 5.10. The summed E-state index contributed by atoms with van der Waals surface area (Å²) in [7, 11) is 0. The van der Waals surface area contributed by atoms with Gasteiger partial charge in [0.1, 0.15) is 6.17 Å². The molecule has 0 bridgehead atoms. The average Bonchev–Trinajstić information content (AvgIpc) is 2.13. The molecule has 82 valence electrons. The molecule has 0 amide bonds. The Morgan fingerprint density at radius 2 is 2.07 bits per heavy atom. The van der Waals surface area contributed by atoms with E-state index in [0.717, 1.165) is 12.8 Å². The van der Waals surface area contributed by atoms with Crippen molar-refractivity contribution in [3.8, 4) is 0 Å². The Morgan fingerprint density at radius 3 is 2.43 bits per heavy atom. The van der Waals surface area contributed by atoms with Crippen LogP contribution in [-0.4, -0.2) is 17.2 Å². The molecule has 3 heteroatoms. The Labute approximate surface area is 84.8 Å². The summed E-state index contributed by atoms with van der Waals surface area (Å²) >= 11 is 0. The molecule has 0 saturated heterocycles. The second kappa shape index (κ2) is 6.57. The molecule has 0 aromatic heterocycles. The van der Waals surface area contributed by atoms with Crippen molar-refractivity contribution in [2.45, 2.75) is 46.2 Å². The van der Waals surface area contributed by atoms with E-state index in [4.69, 9.17) is 5.11 Å². The van der Waals surface area contributed by atoms with Gasteiger partial charge in [0.2, 0.25) is 0 Å². The first-order valence-corrected chi connectivity index (χ1v) is 5.10. The number of aliphatic carboxylic acids is 1. The predicted molar refractivity (Wildman–Crippen MR) is 55.0 cm³/mol. The Hall–Kier alpha value is -0.860. The number of rotatable bonds is 6. The van der Waals surface area contributed by atoms with Crippen molar-refractivity contribution in [1.82, 2.24) is 0 Å². The number of carboxylic acid groups (broad SMARTS) is 1. The number of hydrogen-bond donors (Lipinski definition) is 1. The van der Waals surface area contributed by atoms with Crippen LogP contribution < -0.4 is 0 Å². The highest BCUT2D eigenvalue weighted by Crippen LogP contribution is 2.17. The maximum atomic E-state index is 13.4. The van der Waals surface area contributed by atoms with Crippen LogP contribution in [0.3, 0.4) is 0 Å². The zero-order valence-electron chi connectivity index (χ0n) is 9.09. The van der Waals surface area contributed by atoms with Crippen molar-refractivity contribution in [2.24, 2.45) is 5.92 Å². The molecule has 0 saturated carbocycles. The van der Waals surface area contributed by atoms with Crippen LogP contribution in [0, 0.1) is 5.92 Å². The number of allylic oxidation sites excluding steroid dienone is 1. The van der Waals surface area contributed by atoms with Gasteiger partial charge in [0.05, 0.1) is 0 Å². The van der Waals surface area contributed by atoms with Crippen LogP contribution in [0.4, 0.5) is 4.39 Å². The van der Waals surface area contributed by atoms with Crippen molar-refractivity contribution in [3.63, 3.8) is 0 Å². The quantitative estimate of drug-likeness (QED) is 0.672. The average molecular weight is 202 g/mol. The fourth-order valence-electron chi connectivity index (χ4n) is 1.31. The lowest BCUT2D eigenvalue weighted by Gasteiger charge is -2.12. The van der Waals surface area contributed by atoms with E-state index in [1.165, 1.54) is 6.08 Å². The van der Waals surface area contributed by atoms with Crippen LogP contribution in [0.25, 0.3) is 0 Å². The molecule has 0 aliphatic heterocycles. The van der Waals surface area contributed by atoms with Crippen molar-refractivity contribution in [2.75, 3.05) is 0 Å². The van der Waals surface area contributed by atoms with Gasteiger partial charge in [-0.2, -0.15) is 0 Å². The van der Waals surface area contributed by atoms with Crippen molar-refractivity contribution >= 4 is 5.97 Å². The number of carboxylic acids is 1. The highest BCUT2D eigenvalue weighted by Gasteiger charge is 2.15. The normalized spacial score (nSPS) is 16.4. The zero-order chi connectivity index (χ0) is 11.1. The minimum absolute atomic E-state index is 0.0964. The molecule has 0 rings (SSSR count).